The number of ether oxygens (including phenoxy) is 2. The van der Waals surface area contributed by atoms with E-state index in [4.69, 9.17) is 15.2 Å². The first-order valence-corrected chi connectivity index (χ1v) is 8.87. The average Bonchev–Trinajstić information content (AvgIpc) is 2.72. The van der Waals surface area contributed by atoms with E-state index >= 15 is 0 Å². The van der Waals surface area contributed by atoms with Crippen LogP contribution in [0.1, 0.15) is 5.56 Å². The lowest BCUT2D eigenvalue weighted by Gasteiger charge is -2.36. The second kappa shape index (κ2) is 8.62. The van der Waals surface area contributed by atoms with Gasteiger partial charge in [-0.25, -0.2) is 9.38 Å². The lowest BCUT2D eigenvalue weighted by Crippen LogP contribution is -2.51. The van der Waals surface area contributed by atoms with E-state index in [0.29, 0.717) is 24.0 Å². The van der Waals surface area contributed by atoms with Gasteiger partial charge in [0.25, 0.3) is 0 Å². The highest BCUT2D eigenvalue weighted by molar-refractivity contribution is 5.78. The number of hydrogen-bond acceptors (Lipinski definition) is 4. The molecular formula is C20H25FN4O2. The Morgan fingerprint density at radius 1 is 1.00 bits per heavy atom. The van der Waals surface area contributed by atoms with Crippen molar-refractivity contribution in [2.24, 2.45) is 10.7 Å². The molecule has 2 aromatic rings. The maximum absolute atomic E-state index is 13.1. The zero-order valence-electron chi connectivity index (χ0n) is 15.7. The maximum Gasteiger partial charge on any atom is 0.191 e. The minimum Gasteiger partial charge on any atom is -0.493 e. The van der Waals surface area contributed by atoms with Gasteiger partial charge >= 0.3 is 0 Å². The Morgan fingerprint density at radius 3 is 2.30 bits per heavy atom. The lowest BCUT2D eigenvalue weighted by molar-refractivity contribution is 0.354. The molecule has 144 valence electrons. The van der Waals surface area contributed by atoms with Crippen molar-refractivity contribution in [2.75, 3.05) is 45.3 Å². The summed E-state index contributed by atoms with van der Waals surface area (Å²) in [6.07, 6.45) is 0. The number of benzene rings is 2. The van der Waals surface area contributed by atoms with Crippen molar-refractivity contribution in [1.82, 2.24) is 4.90 Å². The third-order valence-corrected chi connectivity index (χ3v) is 4.67. The second-order valence-corrected chi connectivity index (χ2v) is 6.31. The summed E-state index contributed by atoms with van der Waals surface area (Å²) < 4.78 is 23.6. The van der Waals surface area contributed by atoms with Crippen molar-refractivity contribution in [3.63, 3.8) is 0 Å². The zero-order valence-corrected chi connectivity index (χ0v) is 15.7. The van der Waals surface area contributed by atoms with Crippen LogP contribution in [0.3, 0.4) is 0 Å². The number of hydrogen-bond donors (Lipinski definition) is 1. The molecule has 1 aliphatic rings. The lowest BCUT2D eigenvalue weighted by atomic mass is 10.2. The van der Waals surface area contributed by atoms with Crippen LogP contribution in [0.15, 0.2) is 47.5 Å². The number of anilines is 1. The fraction of sp³-hybridized carbons (Fsp3) is 0.350. The summed E-state index contributed by atoms with van der Waals surface area (Å²) in [6, 6.07) is 12.3. The van der Waals surface area contributed by atoms with E-state index in [1.165, 1.54) is 12.1 Å². The topological polar surface area (TPSA) is 63.3 Å². The number of guanidine groups is 1. The Kier molecular flexibility index (Phi) is 6.01. The van der Waals surface area contributed by atoms with Crippen LogP contribution >= 0.6 is 0 Å². The molecule has 0 unspecified atom stereocenters. The normalized spacial score (nSPS) is 15.0. The van der Waals surface area contributed by atoms with Crippen LogP contribution in [-0.4, -0.2) is 51.3 Å². The number of nitrogens with zero attached hydrogens (tertiary/aromatic N) is 3. The second-order valence-electron chi connectivity index (χ2n) is 6.31. The molecule has 0 radical (unpaired) electrons. The molecule has 0 amide bonds. The van der Waals surface area contributed by atoms with E-state index in [-0.39, 0.29) is 5.82 Å². The van der Waals surface area contributed by atoms with Gasteiger partial charge < -0.3 is 25.0 Å². The van der Waals surface area contributed by atoms with Gasteiger partial charge in [0, 0.05) is 31.9 Å². The number of aliphatic imine (C=N–C) groups is 1. The van der Waals surface area contributed by atoms with Crippen LogP contribution in [-0.2, 0) is 6.54 Å². The number of methoxy groups -OCH3 is 2. The highest BCUT2D eigenvalue weighted by Crippen LogP contribution is 2.27. The van der Waals surface area contributed by atoms with Gasteiger partial charge in [-0.15, -0.1) is 0 Å². The Balaban J connectivity index is 1.57. The van der Waals surface area contributed by atoms with E-state index in [0.717, 1.165) is 37.4 Å². The standard InChI is InChI=1S/C20H25FN4O2/c1-26-18-8-3-15(13-19(18)27-2)14-23-20(22)25-11-9-24(10-12-25)17-6-4-16(21)5-7-17/h3-8,13H,9-12,14H2,1-2H3,(H2,22,23). The molecule has 1 heterocycles. The fourth-order valence-corrected chi connectivity index (χ4v) is 3.10. The number of nitrogens with two attached hydrogens (primary N) is 1. The molecule has 27 heavy (non-hydrogen) atoms. The van der Waals surface area contributed by atoms with Gasteiger partial charge in [0.1, 0.15) is 5.82 Å². The molecular weight excluding hydrogens is 347 g/mol. The summed E-state index contributed by atoms with van der Waals surface area (Å²) in [5, 5.41) is 0. The van der Waals surface area contributed by atoms with Crippen molar-refractivity contribution in [2.45, 2.75) is 6.54 Å². The number of halogens is 1. The Hall–Kier alpha value is -2.96. The monoisotopic (exact) mass is 372 g/mol. The molecule has 0 bridgehead atoms. The quantitative estimate of drug-likeness (QED) is 0.645. The molecule has 7 heteroatoms. The predicted octanol–water partition coefficient (Wildman–Crippen LogP) is 2.48. The Labute approximate surface area is 159 Å². The van der Waals surface area contributed by atoms with Crippen LogP contribution in [0.2, 0.25) is 0 Å². The van der Waals surface area contributed by atoms with Crippen molar-refractivity contribution >= 4 is 11.6 Å². The molecule has 1 saturated heterocycles. The molecule has 2 aromatic carbocycles. The minimum atomic E-state index is -0.219. The first-order valence-electron chi connectivity index (χ1n) is 8.87. The molecule has 0 spiro atoms. The van der Waals surface area contributed by atoms with Crippen molar-refractivity contribution < 1.29 is 13.9 Å². The van der Waals surface area contributed by atoms with Gasteiger partial charge in [-0.1, -0.05) is 6.07 Å². The largest absolute Gasteiger partial charge is 0.493 e. The first-order chi connectivity index (χ1) is 13.1. The predicted molar refractivity (Wildman–Crippen MR) is 105 cm³/mol. The molecule has 0 atom stereocenters. The highest BCUT2D eigenvalue weighted by Gasteiger charge is 2.18. The van der Waals surface area contributed by atoms with Crippen LogP contribution in [0.4, 0.5) is 10.1 Å². The van der Waals surface area contributed by atoms with Crippen LogP contribution in [0, 0.1) is 5.82 Å². The van der Waals surface area contributed by atoms with E-state index in [1.54, 1.807) is 26.4 Å². The molecule has 1 fully saturated rings. The summed E-state index contributed by atoms with van der Waals surface area (Å²) in [7, 11) is 3.22. The van der Waals surface area contributed by atoms with Crippen molar-refractivity contribution in [3.8, 4) is 11.5 Å². The molecule has 1 aliphatic heterocycles. The molecule has 0 saturated carbocycles. The van der Waals surface area contributed by atoms with Gasteiger partial charge in [0.2, 0.25) is 0 Å². The van der Waals surface area contributed by atoms with Gasteiger partial charge in [0.15, 0.2) is 17.5 Å². The van der Waals surface area contributed by atoms with Crippen LogP contribution in [0.25, 0.3) is 0 Å². The highest BCUT2D eigenvalue weighted by atomic mass is 19.1. The zero-order chi connectivity index (χ0) is 19.2. The molecule has 0 aliphatic carbocycles. The van der Waals surface area contributed by atoms with Gasteiger partial charge in [-0.3, -0.25) is 0 Å². The SMILES string of the molecule is COc1ccc(CN=C(N)N2CCN(c3ccc(F)cc3)CC2)cc1OC. The van der Waals surface area contributed by atoms with Crippen LogP contribution < -0.4 is 20.1 Å². The third kappa shape index (κ3) is 4.61. The van der Waals surface area contributed by atoms with E-state index in [1.807, 2.05) is 18.2 Å². The fourth-order valence-electron chi connectivity index (χ4n) is 3.10. The van der Waals surface area contributed by atoms with Crippen LogP contribution in [0.5, 0.6) is 11.5 Å². The van der Waals surface area contributed by atoms with Gasteiger partial charge in [0.05, 0.1) is 20.8 Å². The van der Waals surface area contributed by atoms with E-state index in [9.17, 15) is 4.39 Å². The van der Waals surface area contributed by atoms with E-state index in [2.05, 4.69) is 14.8 Å². The summed E-state index contributed by atoms with van der Waals surface area (Å²) in [6.45, 7) is 3.66. The summed E-state index contributed by atoms with van der Waals surface area (Å²) in [5.41, 5.74) is 8.20. The van der Waals surface area contributed by atoms with Gasteiger partial charge in [-0.05, 0) is 42.0 Å². The smallest absolute Gasteiger partial charge is 0.191 e. The molecule has 6 nitrogen and oxygen atoms in total. The average molecular weight is 372 g/mol. The maximum atomic E-state index is 13.1. The van der Waals surface area contributed by atoms with Gasteiger partial charge in [-0.2, -0.15) is 0 Å². The number of rotatable bonds is 5. The van der Waals surface area contributed by atoms with Crippen molar-refractivity contribution in [3.05, 3.63) is 53.8 Å². The third-order valence-electron chi connectivity index (χ3n) is 4.67. The first kappa shape index (κ1) is 18.8. The summed E-state index contributed by atoms with van der Waals surface area (Å²) in [4.78, 5) is 8.80. The molecule has 2 N–H and O–H groups in total. The number of piperazine rings is 1. The molecule has 3 rings (SSSR count). The Bertz CT molecular complexity index is 787. The summed E-state index contributed by atoms with van der Waals surface area (Å²) in [5.74, 6) is 1.68. The minimum absolute atomic E-state index is 0.219. The van der Waals surface area contributed by atoms with E-state index < -0.39 is 0 Å². The Morgan fingerprint density at radius 2 is 1.67 bits per heavy atom. The molecule has 0 aromatic heterocycles. The van der Waals surface area contributed by atoms with Crippen molar-refractivity contribution in [1.29, 1.82) is 0 Å². The summed E-state index contributed by atoms with van der Waals surface area (Å²) >= 11 is 0.